The van der Waals surface area contributed by atoms with Crippen LogP contribution in [0.4, 0.5) is 14.6 Å². The van der Waals surface area contributed by atoms with Gasteiger partial charge in [-0.25, -0.2) is 18.7 Å². The zero-order valence-corrected chi connectivity index (χ0v) is 7.65. The summed E-state index contributed by atoms with van der Waals surface area (Å²) in [5.41, 5.74) is -0.386. The maximum Gasteiger partial charge on any atom is 0.305 e. The number of aromatic nitrogens is 2. The molecule has 0 saturated heterocycles. The van der Waals surface area contributed by atoms with Crippen molar-refractivity contribution >= 4 is 11.8 Å². The van der Waals surface area contributed by atoms with Gasteiger partial charge in [0.05, 0.1) is 6.42 Å². The van der Waals surface area contributed by atoms with Crippen LogP contribution in [0.2, 0.25) is 0 Å². The Morgan fingerprint density at radius 3 is 2.87 bits per heavy atom. The molecule has 1 aromatic heterocycles. The molecule has 0 saturated carbocycles. The number of rotatable bonds is 5. The van der Waals surface area contributed by atoms with E-state index < -0.39 is 12.4 Å². The molecule has 7 heteroatoms. The Morgan fingerprint density at radius 2 is 2.27 bits per heavy atom. The van der Waals surface area contributed by atoms with Crippen LogP contribution in [0.5, 0.6) is 0 Å². The van der Waals surface area contributed by atoms with Crippen molar-refractivity contribution in [3.8, 4) is 0 Å². The molecule has 5 nitrogen and oxygen atoms in total. The molecule has 0 bridgehead atoms. The van der Waals surface area contributed by atoms with Crippen LogP contribution >= 0.6 is 0 Å². The first-order chi connectivity index (χ1) is 7.09. The summed E-state index contributed by atoms with van der Waals surface area (Å²) in [4.78, 5) is 17.2. The number of aliphatic carboxylic acids is 1. The van der Waals surface area contributed by atoms with E-state index in [0.29, 0.717) is 0 Å². The van der Waals surface area contributed by atoms with Gasteiger partial charge < -0.3 is 10.4 Å². The molecule has 0 atom stereocenters. The zero-order valence-electron chi connectivity index (χ0n) is 7.65. The van der Waals surface area contributed by atoms with Crippen molar-refractivity contribution in [2.75, 3.05) is 11.9 Å². The number of nitrogens with zero attached hydrogens (tertiary/aromatic N) is 2. The van der Waals surface area contributed by atoms with Gasteiger partial charge in [-0.1, -0.05) is 0 Å². The van der Waals surface area contributed by atoms with Gasteiger partial charge in [0.1, 0.15) is 17.8 Å². The third kappa shape index (κ3) is 3.84. The van der Waals surface area contributed by atoms with E-state index in [9.17, 15) is 13.6 Å². The normalized spacial score (nSPS) is 10.3. The molecule has 0 aromatic carbocycles. The first-order valence-corrected chi connectivity index (χ1v) is 4.15. The molecule has 0 aliphatic carbocycles. The number of hydrogen-bond donors (Lipinski definition) is 2. The van der Waals surface area contributed by atoms with Gasteiger partial charge in [-0.3, -0.25) is 4.79 Å². The minimum Gasteiger partial charge on any atom is -0.481 e. The molecule has 2 N–H and O–H groups in total. The van der Waals surface area contributed by atoms with E-state index in [-0.39, 0.29) is 24.5 Å². The molecule has 0 amide bonds. The lowest BCUT2D eigenvalue weighted by Gasteiger charge is -2.04. The maximum absolute atomic E-state index is 12.2. The van der Waals surface area contributed by atoms with E-state index in [1.54, 1.807) is 0 Å². The smallest absolute Gasteiger partial charge is 0.305 e. The van der Waals surface area contributed by atoms with E-state index in [1.165, 1.54) is 0 Å². The second-order valence-corrected chi connectivity index (χ2v) is 2.70. The number of carboxylic acid groups (broad SMARTS) is 1. The Bertz CT molecular complexity index is 346. The molecule has 1 rings (SSSR count). The van der Waals surface area contributed by atoms with Gasteiger partial charge >= 0.3 is 5.97 Å². The van der Waals surface area contributed by atoms with Crippen LogP contribution < -0.4 is 5.32 Å². The third-order valence-corrected chi connectivity index (χ3v) is 1.56. The fourth-order valence-corrected chi connectivity index (χ4v) is 0.886. The molecule has 15 heavy (non-hydrogen) atoms. The summed E-state index contributed by atoms with van der Waals surface area (Å²) < 4.78 is 24.4. The lowest BCUT2D eigenvalue weighted by molar-refractivity contribution is -0.136. The highest BCUT2D eigenvalue weighted by molar-refractivity contribution is 5.67. The molecule has 0 aliphatic heterocycles. The summed E-state index contributed by atoms with van der Waals surface area (Å²) in [6, 6.07) is 1.09. The fourth-order valence-electron chi connectivity index (χ4n) is 0.886. The van der Waals surface area contributed by atoms with Crippen molar-refractivity contribution in [2.24, 2.45) is 0 Å². The Kier molecular flexibility index (Phi) is 3.90. The number of nitrogens with one attached hydrogen (secondary N) is 1. The molecule has 0 spiro atoms. The van der Waals surface area contributed by atoms with E-state index in [1.807, 2.05) is 0 Å². The van der Waals surface area contributed by atoms with Crippen molar-refractivity contribution in [2.45, 2.75) is 12.8 Å². The Balaban J connectivity index is 2.54. The molecular weight excluding hydrogens is 208 g/mol. The van der Waals surface area contributed by atoms with Gasteiger partial charge in [-0.05, 0) is 0 Å². The highest BCUT2D eigenvalue weighted by Crippen LogP contribution is 2.17. The van der Waals surface area contributed by atoms with Crippen molar-refractivity contribution in [3.05, 3.63) is 18.1 Å². The quantitative estimate of drug-likeness (QED) is 0.777. The van der Waals surface area contributed by atoms with E-state index in [0.717, 1.165) is 12.4 Å². The van der Waals surface area contributed by atoms with Gasteiger partial charge in [-0.15, -0.1) is 0 Å². The lowest BCUT2D eigenvalue weighted by Crippen LogP contribution is -2.09. The summed E-state index contributed by atoms with van der Waals surface area (Å²) >= 11 is 0. The topological polar surface area (TPSA) is 75.1 Å². The SMILES string of the molecule is O=C(O)CCNc1cc(C(F)F)ncn1. The van der Waals surface area contributed by atoms with Gasteiger partial charge in [-0.2, -0.15) is 0 Å². The van der Waals surface area contributed by atoms with Crippen LogP contribution in [0, 0.1) is 0 Å². The number of alkyl halides is 2. The van der Waals surface area contributed by atoms with E-state index in [4.69, 9.17) is 5.11 Å². The molecule has 82 valence electrons. The average molecular weight is 217 g/mol. The zero-order chi connectivity index (χ0) is 11.3. The molecule has 0 aliphatic rings. The Hall–Kier alpha value is -1.79. The average Bonchev–Trinajstić information content (AvgIpc) is 2.17. The van der Waals surface area contributed by atoms with Gasteiger partial charge in [0, 0.05) is 12.6 Å². The number of hydrogen-bond acceptors (Lipinski definition) is 4. The standard InChI is InChI=1S/C8H9F2N3O2/c9-8(10)5-3-6(13-4-12-5)11-2-1-7(14)15/h3-4,8H,1-2H2,(H,14,15)(H,11,12,13). The number of anilines is 1. The minimum atomic E-state index is -2.66. The Labute approximate surface area is 84.2 Å². The summed E-state index contributed by atoms with van der Waals surface area (Å²) in [6.45, 7) is 0.134. The third-order valence-electron chi connectivity index (χ3n) is 1.56. The fraction of sp³-hybridized carbons (Fsp3) is 0.375. The van der Waals surface area contributed by atoms with Crippen molar-refractivity contribution in [3.63, 3.8) is 0 Å². The van der Waals surface area contributed by atoms with Crippen molar-refractivity contribution in [1.82, 2.24) is 9.97 Å². The number of carbonyl (C=O) groups is 1. The second kappa shape index (κ2) is 5.18. The van der Waals surface area contributed by atoms with Crippen molar-refractivity contribution < 1.29 is 18.7 Å². The predicted octanol–water partition coefficient (Wildman–Crippen LogP) is 1.30. The summed E-state index contributed by atoms with van der Waals surface area (Å²) in [7, 11) is 0. The van der Waals surface area contributed by atoms with Gasteiger partial charge in [0.2, 0.25) is 0 Å². The van der Waals surface area contributed by atoms with Crippen LogP contribution in [0.3, 0.4) is 0 Å². The van der Waals surface area contributed by atoms with Crippen LogP contribution in [0.25, 0.3) is 0 Å². The first-order valence-electron chi connectivity index (χ1n) is 4.15. The largest absolute Gasteiger partial charge is 0.481 e. The summed E-state index contributed by atoms with van der Waals surface area (Å²) in [5.74, 6) is -0.771. The number of halogens is 2. The predicted molar refractivity (Wildman–Crippen MR) is 47.7 cm³/mol. The Morgan fingerprint density at radius 1 is 1.53 bits per heavy atom. The molecular formula is C8H9F2N3O2. The lowest BCUT2D eigenvalue weighted by atomic mass is 10.4. The second-order valence-electron chi connectivity index (χ2n) is 2.70. The van der Waals surface area contributed by atoms with Crippen molar-refractivity contribution in [1.29, 1.82) is 0 Å². The summed E-state index contributed by atoms with van der Waals surface area (Å²) in [6.07, 6.45) is -1.76. The molecule has 0 unspecified atom stereocenters. The highest BCUT2D eigenvalue weighted by Gasteiger charge is 2.09. The maximum atomic E-state index is 12.2. The molecule has 0 radical (unpaired) electrons. The summed E-state index contributed by atoms with van der Waals surface area (Å²) in [5, 5.41) is 10.9. The van der Waals surface area contributed by atoms with E-state index in [2.05, 4.69) is 15.3 Å². The first kappa shape index (κ1) is 11.3. The highest BCUT2D eigenvalue weighted by atomic mass is 19.3. The van der Waals surface area contributed by atoms with Crippen LogP contribution in [-0.2, 0) is 4.79 Å². The molecule has 1 heterocycles. The monoisotopic (exact) mass is 217 g/mol. The molecule has 0 fully saturated rings. The molecule has 1 aromatic rings. The number of carboxylic acids is 1. The van der Waals surface area contributed by atoms with E-state index >= 15 is 0 Å². The van der Waals surface area contributed by atoms with Crippen LogP contribution in [0.15, 0.2) is 12.4 Å². The van der Waals surface area contributed by atoms with Gasteiger partial charge in [0.15, 0.2) is 0 Å². The van der Waals surface area contributed by atoms with Crippen LogP contribution in [0.1, 0.15) is 18.5 Å². The van der Waals surface area contributed by atoms with Crippen LogP contribution in [-0.4, -0.2) is 27.6 Å². The minimum absolute atomic E-state index is 0.103. The van der Waals surface area contributed by atoms with Gasteiger partial charge in [0.25, 0.3) is 6.43 Å².